The molecule has 2 aliphatic rings. The van der Waals surface area contributed by atoms with Gasteiger partial charge in [-0.1, -0.05) is 12.1 Å². The predicted molar refractivity (Wildman–Crippen MR) is 119 cm³/mol. The van der Waals surface area contributed by atoms with E-state index in [-0.39, 0.29) is 12.1 Å². The van der Waals surface area contributed by atoms with Crippen molar-refractivity contribution in [1.29, 1.82) is 0 Å². The lowest BCUT2D eigenvalue weighted by Gasteiger charge is -2.37. The molecule has 0 spiro atoms. The number of carbonyl (C=O) groups excluding carboxylic acids is 1. The van der Waals surface area contributed by atoms with Crippen LogP contribution in [0.4, 0.5) is 10.5 Å². The molecule has 2 aromatic rings. The Kier molecular flexibility index (Phi) is 6.34. The monoisotopic (exact) mass is 411 g/mol. The Labute approximate surface area is 178 Å². The number of anilines is 1. The third kappa shape index (κ3) is 4.65. The van der Waals surface area contributed by atoms with Gasteiger partial charge in [-0.2, -0.15) is 0 Å². The molecule has 8 heteroatoms. The smallest absolute Gasteiger partial charge is 0.320 e. The lowest BCUT2D eigenvalue weighted by atomic mass is 10.0. The highest BCUT2D eigenvalue weighted by atomic mass is 16.2. The van der Waals surface area contributed by atoms with Crippen molar-refractivity contribution in [3.63, 3.8) is 0 Å². The summed E-state index contributed by atoms with van der Waals surface area (Å²) in [5.74, 6) is 1.94. The number of urea groups is 1. The summed E-state index contributed by atoms with van der Waals surface area (Å²) in [5.41, 5.74) is 1.79. The van der Waals surface area contributed by atoms with Gasteiger partial charge >= 0.3 is 6.03 Å². The first-order valence-corrected chi connectivity index (χ1v) is 10.9. The Morgan fingerprint density at radius 3 is 2.73 bits per heavy atom. The number of hydrogen-bond acceptors (Lipinski definition) is 5. The Balaban J connectivity index is 1.49. The van der Waals surface area contributed by atoms with Crippen LogP contribution in [0.3, 0.4) is 0 Å². The second-order valence-corrected chi connectivity index (χ2v) is 8.74. The molecule has 1 aromatic heterocycles. The van der Waals surface area contributed by atoms with Crippen LogP contribution in [0.15, 0.2) is 24.3 Å². The molecule has 0 saturated carbocycles. The molecule has 3 heterocycles. The molecule has 0 radical (unpaired) electrons. The van der Waals surface area contributed by atoms with E-state index in [1.807, 2.05) is 43.3 Å². The number of rotatable bonds is 6. The lowest BCUT2D eigenvalue weighted by Crippen LogP contribution is -2.50. The first kappa shape index (κ1) is 20.8. The minimum atomic E-state index is -0.0185. The average Bonchev–Trinajstić information content (AvgIpc) is 3.33. The number of benzene rings is 1. The van der Waals surface area contributed by atoms with E-state index in [2.05, 4.69) is 36.9 Å². The van der Waals surface area contributed by atoms with Crippen molar-refractivity contribution >= 4 is 11.7 Å². The van der Waals surface area contributed by atoms with Gasteiger partial charge in [-0.25, -0.2) is 4.79 Å². The molecule has 162 valence electrons. The highest BCUT2D eigenvalue weighted by Crippen LogP contribution is 2.26. The van der Waals surface area contributed by atoms with E-state index in [0.29, 0.717) is 0 Å². The van der Waals surface area contributed by atoms with Gasteiger partial charge in [-0.05, 0) is 65.6 Å². The quantitative estimate of drug-likeness (QED) is 0.790. The summed E-state index contributed by atoms with van der Waals surface area (Å²) in [6.07, 6.45) is 4.14. The maximum absolute atomic E-state index is 13.2. The number of fused-ring (bicyclic) bond motifs is 1. The fourth-order valence-electron chi connectivity index (χ4n) is 4.36. The number of carbonyl (C=O) groups is 1. The Bertz CT molecular complexity index is 870. The number of likely N-dealkylation sites (N-methyl/N-ethyl adjacent to an activating group) is 1. The minimum absolute atomic E-state index is 0.0185. The highest BCUT2D eigenvalue weighted by Gasteiger charge is 2.27. The van der Waals surface area contributed by atoms with Crippen LogP contribution in [-0.4, -0.2) is 88.9 Å². The molecule has 30 heavy (non-hydrogen) atoms. The fourth-order valence-corrected chi connectivity index (χ4v) is 4.36. The summed E-state index contributed by atoms with van der Waals surface area (Å²) in [5, 5.41) is 11.8. The van der Waals surface area contributed by atoms with Crippen LogP contribution in [0.25, 0.3) is 11.4 Å². The minimum Gasteiger partial charge on any atom is -0.320 e. The number of aryl methyl sites for hydroxylation is 1. The van der Waals surface area contributed by atoms with Crippen LogP contribution < -0.4 is 5.32 Å². The number of aromatic nitrogens is 3. The number of amides is 2. The van der Waals surface area contributed by atoms with E-state index in [1.165, 1.54) is 0 Å². The molecule has 0 aliphatic carbocycles. The molecular weight excluding hydrogens is 378 g/mol. The van der Waals surface area contributed by atoms with Gasteiger partial charge in [-0.15, -0.1) is 10.2 Å². The topological polar surface area (TPSA) is 69.5 Å². The zero-order valence-electron chi connectivity index (χ0n) is 18.3. The van der Waals surface area contributed by atoms with Gasteiger partial charge in [-0.3, -0.25) is 0 Å². The Morgan fingerprint density at radius 2 is 1.97 bits per heavy atom. The SMILES string of the molecule is CN(C)CCN(C(=O)Nc1cccc(-c2nnc3n2CCC3)c1)C1CCN(C)CC1. The maximum atomic E-state index is 13.2. The van der Waals surface area contributed by atoms with E-state index in [1.54, 1.807) is 0 Å². The van der Waals surface area contributed by atoms with E-state index < -0.39 is 0 Å². The predicted octanol–water partition coefficient (Wildman–Crippen LogP) is 2.38. The highest BCUT2D eigenvalue weighted by molar-refractivity contribution is 5.90. The lowest BCUT2D eigenvalue weighted by molar-refractivity contribution is 0.134. The van der Waals surface area contributed by atoms with Crippen molar-refractivity contribution in [2.45, 2.75) is 38.3 Å². The van der Waals surface area contributed by atoms with Gasteiger partial charge in [0.25, 0.3) is 0 Å². The number of nitrogens with zero attached hydrogens (tertiary/aromatic N) is 6. The third-order valence-electron chi connectivity index (χ3n) is 6.16. The number of piperidine rings is 1. The number of nitrogens with one attached hydrogen (secondary N) is 1. The molecule has 4 rings (SSSR count). The molecule has 0 bridgehead atoms. The first-order chi connectivity index (χ1) is 14.5. The van der Waals surface area contributed by atoms with Crippen LogP contribution in [0.1, 0.15) is 25.1 Å². The Hall–Kier alpha value is -2.45. The van der Waals surface area contributed by atoms with E-state index in [0.717, 1.165) is 81.3 Å². The fraction of sp³-hybridized carbons (Fsp3) is 0.591. The summed E-state index contributed by atoms with van der Waals surface area (Å²) >= 11 is 0. The Morgan fingerprint density at radius 1 is 1.17 bits per heavy atom. The summed E-state index contributed by atoms with van der Waals surface area (Å²) in [6, 6.07) is 8.22. The van der Waals surface area contributed by atoms with E-state index in [4.69, 9.17) is 0 Å². The second kappa shape index (κ2) is 9.14. The van der Waals surface area contributed by atoms with Gasteiger partial charge in [0, 0.05) is 43.3 Å². The van der Waals surface area contributed by atoms with Crippen LogP contribution in [0, 0.1) is 0 Å². The van der Waals surface area contributed by atoms with Gasteiger partial charge in [0.05, 0.1) is 0 Å². The molecule has 2 amide bonds. The van der Waals surface area contributed by atoms with Crippen LogP contribution in [-0.2, 0) is 13.0 Å². The van der Waals surface area contributed by atoms with Crippen LogP contribution >= 0.6 is 0 Å². The number of likely N-dealkylation sites (tertiary alicyclic amines) is 1. The maximum Gasteiger partial charge on any atom is 0.322 e. The zero-order chi connectivity index (χ0) is 21.1. The van der Waals surface area contributed by atoms with E-state index in [9.17, 15) is 4.79 Å². The summed E-state index contributed by atoms with van der Waals surface area (Å²) in [4.78, 5) is 19.7. The van der Waals surface area contributed by atoms with Gasteiger partial charge in [0.2, 0.25) is 0 Å². The molecule has 1 saturated heterocycles. The van der Waals surface area contributed by atoms with Crippen molar-refractivity contribution in [1.82, 2.24) is 29.5 Å². The average molecular weight is 412 g/mol. The largest absolute Gasteiger partial charge is 0.322 e. The summed E-state index contributed by atoms with van der Waals surface area (Å²) < 4.78 is 2.18. The van der Waals surface area contributed by atoms with Gasteiger partial charge in [0.1, 0.15) is 5.82 Å². The second-order valence-electron chi connectivity index (χ2n) is 8.74. The van der Waals surface area contributed by atoms with Crippen molar-refractivity contribution in [3.8, 4) is 11.4 Å². The molecule has 2 aliphatic heterocycles. The van der Waals surface area contributed by atoms with Crippen LogP contribution in [0.5, 0.6) is 0 Å². The summed E-state index contributed by atoms with van der Waals surface area (Å²) in [7, 11) is 6.24. The molecule has 0 atom stereocenters. The first-order valence-electron chi connectivity index (χ1n) is 10.9. The van der Waals surface area contributed by atoms with Crippen molar-refractivity contribution in [2.24, 2.45) is 0 Å². The standard InChI is InChI=1S/C22H33N7O/c1-26(2)14-15-28(19-9-12-27(3)13-10-19)22(30)23-18-7-4-6-17(16-18)21-25-24-20-8-5-11-29(20)21/h4,6-7,16,19H,5,8-15H2,1-3H3,(H,23,30). The van der Waals surface area contributed by atoms with Crippen molar-refractivity contribution in [3.05, 3.63) is 30.1 Å². The zero-order valence-corrected chi connectivity index (χ0v) is 18.3. The normalized spacial score (nSPS) is 17.3. The number of hydrogen-bond donors (Lipinski definition) is 1. The molecule has 8 nitrogen and oxygen atoms in total. The molecule has 1 N–H and O–H groups in total. The molecule has 0 unspecified atom stereocenters. The van der Waals surface area contributed by atoms with Crippen LogP contribution in [0.2, 0.25) is 0 Å². The third-order valence-corrected chi connectivity index (χ3v) is 6.16. The van der Waals surface area contributed by atoms with Gasteiger partial charge < -0.3 is 24.6 Å². The summed E-state index contributed by atoms with van der Waals surface area (Å²) in [6.45, 7) is 4.60. The van der Waals surface area contributed by atoms with Gasteiger partial charge in [0.15, 0.2) is 5.82 Å². The molecule has 1 fully saturated rings. The van der Waals surface area contributed by atoms with Crippen molar-refractivity contribution < 1.29 is 4.79 Å². The molecule has 1 aromatic carbocycles. The van der Waals surface area contributed by atoms with E-state index >= 15 is 0 Å². The van der Waals surface area contributed by atoms with Crippen molar-refractivity contribution in [2.75, 3.05) is 52.6 Å². The molecular formula is C22H33N7O.